The predicted molar refractivity (Wildman–Crippen MR) is 69.2 cm³/mol. The molecule has 0 radical (unpaired) electrons. The summed E-state index contributed by atoms with van der Waals surface area (Å²) < 4.78 is 0. The molecule has 5 heteroatoms. The molecule has 0 spiro atoms. The molecule has 5 N–H and O–H groups in total. The number of rotatable bonds is 7. The van der Waals surface area contributed by atoms with Gasteiger partial charge in [-0.15, -0.1) is 0 Å². The van der Waals surface area contributed by atoms with E-state index in [1.165, 1.54) is 6.07 Å². The van der Waals surface area contributed by atoms with Gasteiger partial charge in [0.15, 0.2) is 0 Å². The first-order valence-corrected chi connectivity index (χ1v) is 6.03. The van der Waals surface area contributed by atoms with Gasteiger partial charge in [0.05, 0.1) is 0 Å². The number of aromatic hydroxyl groups is 2. The second-order valence-corrected chi connectivity index (χ2v) is 4.38. The Kier molecular flexibility index (Phi) is 5.45. The predicted octanol–water partition coefficient (Wildman–Crippen LogP) is 1.40. The number of carbonyl (C=O) groups excluding carboxylic acids is 1. The van der Waals surface area contributed by atoms with Crippen LogP contribution in [0, 0.1) is 0 Å². The van der Waals surface area contributed by atoms with Gasteiger partial charge in [0.2, 0.25) is 5.91 Å². The summed E-state index contributed by atoms with van der Waals surface area (Å²) in [7, 11) is 0. The first-order valence-electron chi connectivity index (χ1n) is 6.03. The highest BCUT2D eigenvalue weighted by Crippen LogP contribution is 2.24. The third-order valence-corrected chi connectivity index (χ3v) is 2.73. The first-order chi connectivity index (χ1) is 8.49. The quantitative estimate of drug-likeness (QED) is 0.552. The molecule has 18 heavy (non-hydrogen) atoms. The van der Waals surface area contributed by atoms with E-state index in [4.69, 9.17) is 5.73 Å². The van der Waals surface area contributed by atoms with E-state index < -0.39 is 0 Å². The number of phenols is 2. The third-order valence-electron chi connectivity index (χ3n) is 2.73. The second-order valence-electron chi connectivity index (χ2n) is 4.38. The molecule has 100 valence electrons. The molecule has 0 aliphatic heterocycles. The van der Waals surface area contributed by atoms with Crippen molar-refractivity contribution in [2.45, 2.75) is 32.2 Å². The molecule has 0 aliphatic carbocycles. The zero-order valence-corrected chi connectivity index (χ0v) is 10.5. The van der Waals surface area contributed by atoms with Crippen molar-refractivity contribution in [2.75, 3.05) is 6.54 Å². The van der Waals surface area contributed by atoms with E-state index in [0.29, 0.717) is 6.42 Å². The first kappa shape index (κ1) is 14.3. The standard InChI is InChI=1S/C13H20N2O3/c1-9(15-5-3-2-4-13(14)18)10-6-11(16)8-12(17)7-10/h6-9,15-17H,2-5H2,1H3,(H2,14,18). The Morgan fingerprint density at radius 3 is 2.44 bits per heavy atom. The number of nitrogens with one attached hydrogen (secondary N) is 1. The van der Waals surface area contributed by atoms with Crippen LogP contribution in [0.4, 0.5) is 0 Å². The molecular formula is C13H20N2O3. The molecule has 0 heterocycles. The van der Waals surface area contributed by atoms with E-state index in [2.05, 4.69) is 5.32 Å². The van der Waals surface area contributed by atoms with Gasteiger partial charge >= 0.3 is 0 Å². The highest BCUT2D eigenvalue weighted by atomic mass is 16.3. The van der Waals surface area contributed by atoms with Crippen LogP contribution in [0.5, 0.6) is 11.5 Å². The molecule has 1 unspecified atom stereocenters. The van der Waals surface area contributed by atoms with Crippen molar-refractivity contribution in [3.8, 4) is 11.5 Å². The van der Waals surface area contributed by atoms with Crippen molar-refractivity contribution in [3.05, 3.63) is 23.8 Å². The van der Waals surface area contributed by atoms with Gasteiger partial charge < -0.3 is 21.3 Å². The van der Waals surface area contributed by atoms with E-state index in [1.807, 2.05) is 6.92 Å². The van der Waals surface area contributed by atoms with Gasteiger partial charge in [0, 0.05) is 18.5 Å². The SMILES string of the molecule is CC(NCCCCC(N)=O)c1cc(O)cc(O)c1. The van der Waals surface area contributed by atoms with Crippen molar-refractivity contribution in [1.29, 1.82) is 0 Å². The molecular weight excluding hydrogens is 232 g/mol. The van der Waals surface area contributed by atoms with Crippen molar-refractivity contribution in [3.63, 3.8) is 0 Å². The Hall–Kier alpha value is -1.75. The molecule has 5 nitrogen and oxygen atoms in total. The maximum Gasteiger partial charge on any atom is 0.217 e. The molecule has 0 saturated carbocycles. The van der Waals surface area contributed by atoms with Crippen LogP contribution in [0.15, 0.2) is 18.2 Å². The van der Waals surface area contributed by atoms with E-state index in [0.717, 1.165) is 24.9 Å². The maximum atomic E-state index is 10.5. The molecule has 1 atom stereocenters. The molecule has 1 aromatic rings. The normalized spacial score (nSPS) is 12.3. The maximum absolute atomic E-state index is 10.5. The lowest BCUT2D eigenvalue weighted by Crippen LogP contribution is -2.20. The molecule has 1 aromatic carbocycles. The summed E-state index contributed by atoms with van der Waals surface area (Å²) in [6.07, 6.45) is 2.03. The van der Waals surface area contributed by atoms with Crippen LogP contribution in [0.3, 0.4) is 0 Å². The van der Waals surface area contributed by atoms with Crippen LogP contribution >= 0.6 is 0 Å². The fourth-order valence-corrected chi connectivity index (χ4v) is 1.73. The van der Waals surface area contributed by atoms with Gasteiger partial charge in [-0.3, -0.25) is 4.79 Å². The molecule has 0 bridgehead atoms. The molecule has 1 rings (SSSR count). The number of hydrogen-bond acceptors (Lipinski definition) is 4. The summed E-state index contributed by atoms with van der Waals surface area (Å²) in [6.45, 7) is 2.70. The summed E-state index contributed by atoms with van der Waals surface area (Å²) in [4.78, 5) is 10.5. The summed E-state index contributed by atoms with van der Waals surface area (Å²) >= 11 is 0. The minimum absolute atomic E-state index is 0.0246. The fourth-order valence-electron chi connectivity index (χ4n) is 1.73. The van der Waals surface area contributed by atoms with E-state index >= 15 is 0 Å². The molecule has 0 aromatic heterocycles. The van der Waals surface area contributed by atoms with Gasteiger partial charge in [-0.25, -0.2) is 0 Å². The van der Waals surface area contributed by atoms with Crippen LogP contribution in [-0.2, 0) is 4.79 Å². The summed E-state index contributed by atoms with van der Waals surface area (Å²) in [6, 6.07) is 4.54. The van der Waals surface area contributed by atoms with Gasteiger partial charge in [-0.1, -0.05) is 0 Å². The summed E-state index contributed by atoms with van der Waals surface area (Å²) in [5.74, 6) is -0.180. The second kappa shape index (κ2) is 6.86. The Morgan fingerprint density at radius 2 is 1.89 bits per heavy atom. The van der Waals surface area contributed by atoms with Crippen molar-refractivity contribution in [2.24, 2.45) is 5.73 Å². The van der Waals surface area contributed by atoms with Crippen molar-refractivity contribution in [1.82, 2.24) is 5.32 Å². The lowest BCUT2D eigenvalue weighted by Gasteiger charge is -2.14. The highest BCUT2D eigenvalue weighted by Gasteiger charge is 2.07. The van der Waals surface area contributed by atoms with Crippen molar-refractivity contribution >= 4 is 5.91 Å². The largest absolute Gasteiger partial charge is 0.508 e. The van der Waals surface area contributed by atoms with Crippen LogP contribution in [0.25, 0.3) is 0 Å². The third kappa shape index (κ3) is 5.05. The number of phenolic OH excluding ortho intramolecular Hbond substituents is 2. The number of benzene rings is 1. The summed E-state index contributed by atoms with van der Waals surface area (Å²) in [5, 5.41) is 22.0. The average molecular weight is 252 g/mol. The van der Waals surface area contributed by atoms with Gasteiger partial charge in [0.1, 0.15) is 11.5 Å². The van der Waals surface area contributed by atoms with E-state index in [9.17, 15) is 15.0 Å². The fraction of sp³-hybridized carbons (Fsp3) is 0.462. The van der Waals surface area contributed by atoms with Gasteiger partial charge in [-0.05, 0) is 44.0 Å². The number of primary amides is 1. The monoisotopic (exact) mass is 252 g/mol. The van der Waals surface area contributed by atoms with Crippen LogP contribution in [0.1, 0.15) is 37.8 Å². The lowest BCUT2D eigenvalue weighted by atomic mass is 10.1. The van der Waals surface area contributed by atoms with Gasteiger partial charge in [0.25, 0.3) is 0 Å². The molecule has 1 amide bonds. The smallest absolute Gasteiger partial charge is 0.217 e. The van der Waals surface area contributed by atoms with Crippen LogP contribution in [-0.4, -0.2) is 22.7 Å². The number of nitrogens with two attached hydrogens (primary N) is 1. The van der Waals surface area contributed by atoms with Crippen LogP contribution in [0.2, 0.25) is 0 Å². The topological polar surface area (TPSA) is 95.6 Å². The number of amides is 1. The Bertz CT molecular complexity index is 387. The molecule has 0 fully saturated rings. The zero-order valence-electron chi connectivity index (χ0n) is 10.5. The van der Waals surface area contributed by atoms with Gasteiger partial charge in [-0.2, -0.15) is 0 Å². The molecule has 0 aliphatic rings. The lowest BCUT2D eigenvalue weighted by molar-refractivity contribution is -0.118. The molecule has 0 saturated heterocycles. The Morgan fingerprint density at radius 1 is 1.28 bits per heavy atom. The average Bonchev–Trinajstić information content (AvgIpc) is 2.26. The minimum atomic E-state index is -0.277. The van der Waals surface area contributed by atoms with Crippen molar-refractivity contribution < 1.29 is 15.0 Å². The number of carbonyl (C=O) groups is 1. The number of hydrogen-bond donors (Lipinski definition) is 4. The van der Waals surface area contributed by atoms with E-state index in [-0.39, 0.29) is 23.4 Å². The Labute approximate surface area is 107 Å². The zero-order chi connectivity index (χ0) is 13.5. The Balaban J connectivity index is 2.36. The highest BCUT2D eigenvalue weighted by molar-refractivity contribution is 5.73. The summed E-state index contributed by atoms with van der Waals surface area (Å²) in [5.41, 5.74) is 5.87. The number of unbranched alkanes of at least 4 members (excludes halogenated alkanes) is 1. The van der Waals surface area contributed by atoms with E-state index in [1.54, 1.807) is 12.1 Å². The minimum Gasteiger partial charge on any atom is -0.508 e. The van der Waals surface area contributed by atoms with Crippen LogP contribution < -0.4 is 11.1 Å².